The Kier molecular flexibility index (Phi) is 4.18. The van der Waals surface area contributed by atoms with E-state index in [4.69, 9.17) is 10.7 Å². The third kappa shape index (κ3) is 2.95. The van der Waals surface area contributed by atoms with Gasteiger partial charge in [0.2, 0.25) is 5.91 Å². The van der Waals surface area contributed by atoms with Crippen LogP contribution in [0.15, 0.2) is 49.1 Å². The van der Waals surface area contributed by atoms with Gasteiger partial charge in [-0.1, -0.05) is 6.07 Å². The highest BCUT2D eigenvalue weighted by molar-refractivity contribution is 6.01. The first-order valence-electron chi connectivity index (χ1n) is 9.25. The number of imidazole rings is 1. The number of nitrogens with one attached hydrogen (secondary N) is 2. The monoisotopic (exact) mass is 399 g/mol. The largest absolute Gasteiger partial charge is 0.329 e. The van der Waals surface area contributed by atoms with E-state index in [1.807, 2.05) is 48.0 Å². The van der Waals surface area contributed by atoms with Crippen molar-refractivity contribution < 1.29 is 4.79 Å². The van der Waals surface area contributed by atoms with Crippen LogP contribution in [0.1, 0.15) is 5.69 Å². The van der Waals surface area contributed by atoms with Crippen molar-refractivity contribution in [3.63, 3.8) is 0 Å². The van der Waals surface area contributed by atoms with Gasteiger partial charge in [0.1, 0.15) is 11.5 Å². The summed E-state index contributed by atoms with van der Waals surface area (Å²) >= 11 is 0. The lowest BCUT2D eigenvalue weighted by atomic mass is 10.3. The molecular weight excluding hydrogens is 382 g/mol. The molecule has 5 aromatic heterocycles. The minimum Gasteiger partial charge on any atom is -0.329 e. The maximum Gasteiger partial charge on any atom is 0.239 e. The first-order valence-corrected chi connectivity index (χ1v) is 9.25. The van der Waals surface area contributed by atoms with Gasteiger partial charge in [-0.15, -0.1) is 0 Å². The van der Waals surface area contributed by atoms with E-state index in [0.717, 1.165) is 16.6 Å². The Morgan fingerprint density at radius 2 is 2.07 bits per heavy atom. The Labute approximate surface area is 170 Å². The average Bonchev–Trinajstić information content (AvgIpc) is 3.40. The molecule has 0 spiro atoms. The number of anilines is 1. The molecule has 1 amide bonds. The Morgan fingerprint density at radius 1 is 1.17 bits per heavy atom. The summed E-state index contributed by atoms with van der Waals surface area (Å²) in [5.74, 6) is 1.21. The molecule has 5 aromatic rings. The minimum absolute atomic E-state index is 0.120. The van der Waals surface area contributed by atoms with Crippen molar-refractivity contribution in [1.29, 1.82) is 0 Å². The van der Waals surface area contributed by atoms with Gasteiger partial charge in [-0.2, -0.15) is 0 Å². The van der Waals surface area contributed by atoms with E-state index in [9.17, 15) is 4.79 Å². The molecule has 5 rings (SSSR count). The van der Waals surface area contributed by atoms with Crippen LogP contribution in [0, 0.1) is 6.92 Å². The first-order chi connectivity index (χ1) is 14.6. The molecule has 0 aliphatic carbocycles. The van der Waals surface area contributed by atoms with Gasteiger partial charge in [0.25, 0.3) is 0 Å². The maximum atomic E-state index is 11.7. The zero-order chi connectivity index (χ0) is 20.7. The molecule has 0 bridgehead atoms. The number of pyridine rings is 2. The second kappa shape index (κ2) is 7.01. The number of hydrogen-bond donors (Lipinski definition) is 3. The fourth-order valence-electron chi connectivity index (χ4n) is 3.30. The quantitative estimate of drug-likeness (QED) is 0.419. The number of hydrogen-bond acceptors (Lipinski definition) is 7. The molecule has 0 aromatic carbocycles. The summed E-state index contributed by atoms with van der Waals surface area (Å²) in [6.07, 6.45) is 5.06. The second-order valence-electron chi connectivity index (χ2n) is 6.67. The molecule has 0 saturated carbocycles. The number of carbonyl (C=O) groups excluding carboxylic acids is 1. The molecule has 0 unspecified atom stereocenters. The van der Waals surface area contributed by atoms with Crippen molar-refractivity contribution in [2.45, 2.75) is 6.92 Å². The predicted molar refractivity (Wildman–Crippen MR) is 112 cm³/mol. The summed E-state index contributed by atoms with van der Waals surface area (Å²) in [6, 6.07) is 9.41. The van der Waals surface area contributed by atoms with Crippen LogP contribution >= 0.6 is 0 Å². The van der Waals surface area contributed by atoms with Crippen LogP contribution in [-0.4, -0.2) is 46.9 Å². The number of aryl methyl sites for hydroxylation is 1. The zero-order valence-electron chi connectivity index (χ0n) is 16.0. The van der Waals surface area contributed by atoms with Crippen molar-refractivity contribution in [1.82, 2.24) is 34.5 Å². The molecule has 0 aliphatic heterocycles. The van der Waals surface area contributed by atoms with E-state index >= 15 is 0 Å². The molecule has 0 aliphatic rings. The lowest BCUT2D eigenvalue weighted by Gasteiger charge is -2.09. The van der Waals surface area contributed by atoms with E-state index in [0.29, 0.717) is 34.3 Å². The number of nitrogens with zero attached hydrogens (tertiary/aromatic N) is 6. The van der Waals surface area contributed by atoms with Gasteiger partial charge in [-0.25, -0.2) is 24.9 Å². The number of rotatable bonds is 4. The molecule has 5 heterocycles. The van der Waals surface area contributed by atoms with Gasteiger partial charge < -0.3 is 16.0 Å². The van der Waals surface area contributed by atoms with Gasteiger partial charge in [-0.3, -0.25) is 9.36 Å². The normalized spacial score (nSPS) is 11.3. The number of H-pyrrole nitrogens is 1. The third-order valence-electron chi connectivity index (χ3n) is 4.67. The lowest BCUT2D eigenvalue weighted by Crippen LogP contribution is -2.22. The highest BCUT2D eigenvalue weighted by Crippen LogP contribution is 2.28. The number of amides is 1. The molecule has 10 nitrogen and oxygen atoms in total. The zero-order valence-corrected chi connectivity index (χ0v) is 16.0. The number of aromatic nitrogens is 7. The molecule has 0 atom stereocenters. The standard InChI is InChI=1S/C20H17N9O/c1-11-3-2-4-13(25-11)18-27-19-16(23-10-24-19)20(28-18)29-8-6-12-14(29)5-7-22-17(12)26-15(30)9-21/h2-8,10H,9,21H2,1H3,(H,22,26,30)(H,23,24,27,28). The van der Waals surface area contributed by atoms with Crippen molar-refractivity contribution >= 4 is 33.8 Å². The van der Waals surface area contributed by atoms with Crippen molar-refractivity contribution in [2.24, 2.45) is 5.73 Å². The van der Waals surface area contributed by atoms with E-state index in [1.54, 1.807) is 12.5 Å². The van der Waals surface area contributed by atoms with E-state index in [-0.39, 0.29) is 12.5 Å². The summed E-state index contributed by atoms with van der Waals surface area (Å²) < 4.78 is 1.89. The summed E-state index contributed by atoms with van der Waals surface area (Å²) in [5, 5.41) is 3.48. The fourth-order valence-corrected chi connectivity index (χ4v) is 3.30. The van der Waals surface area contributed by atoms with Crippen LogP contribution in [0.5, 0.6) is 0 Å². The molecule has 0 fully saturated rings. The predicted octanol–water partition coefficient (Wildman–Crippen LogP) is 1.96. The summed E-state index contributed by atoms with van der Waals surface area (Å²) in [7, 11) is 0. The molecular formula is C20H17N9O. The Hall–Kier alpha value is -4.18. The number of carbonyl (C=O) groups is 1. The highest BCUT2D eigenvalue weighted by Gasteiger charge is 2.17. The molecule has 148 valence electrons. The average molecular weight is 399 g/mol. The Balaban J connectivity index is 1.72. The molecule has 0 radical (unpaired) electrons. The van der Waals surface area contributed by atoms with E-state index in [2.05, 4.69) is 30.2 Å². The van der Waals surface area contributed by atoms with Gasteiger partial charge in [0.05, 0.1) is 18.4 Å². The first kappa shape index (κ1) is 17.9. The number of fused-ring (bicyclic) bond motifs is 2. The second-order valence-corrected chi connectivity index (χ2v) is 6.67. The SMILES string of the molecule is Cc1cccc(-c2nc(-n3ccc4c(NC(=O)CN)nccc43)c3nc[nH]c3n2)n1. The van der Waals surface area contributed by atoms with Crippen molar-refractivity contribution in [3.05, 3.63) is 54.7 Å². The fraction of sp³-hybridized carbons (Fsp3) is 0.100. The highest BCUT2D eigenvalue weighted by atomic mass is 16.1. The van der Waals surface area contributed by atoms with Crippen LogP contribution in [-0.2, 0) is 4.79 Å². The van der Waals surface area contributed by atoms with Gasteiger partial charge in [0.15, 0.2) is 22.8 Å². The smallest absolute Gasteiger partial charge is 0.239 e. The Morgan fingerprint density at radius 3 is 2.90 bits per heavy atom. The summed E-state index contributed by atoms with van der Waals surface area (Å²) in [5.41, 5.74) is 8.99. The van der Waals surface area contributed by atoms with Gasteiger partial charge >= 0.3 is 0 Å². The van der Waals surface area contributed by atoms with E-state index < -0.39 is 0 Å². The topological polar surface area (TPSA) is 140 Å². The van der Waals surface area contributed by atoms with Crippen LogP contribution in [0.3, 0.4) is 0 Å². The van der Waals surface area contributed by atoms with Crippen LogP contribution in [0.25, 0.3) is 39.4 Å². The lowest BCUT2D eigenvalue weighted by molar-refractivity contribution is -0.114. The van der Waals surface area contributed by atoms with Crippen molar-refractivity contribution in [2.75, 3.05) is 11.9 Å². The molecule has 10 heteroatoms. The summed E-state index contributed by atoms with van der Waals surface area (Å²) in [4.78, 5) is 37.3. The van der Waals surface area contributed by atoms with E-state index in [1.165, 1.54) is 0 Å². The minimum atomic E-state index is -0.313. The molecule has 30 heavy (non-hydrogen) atoms. The summed E-state index contributed by atoms with van der Waals surface area (Å²) in [6.45, 7) is 1.80. The van der Waals surface area contributed by atoms with Gasteiger partial charge in [0, 0.05) is 23.5 Å². The van der Waals surface area contributed by atoms with Gasteiger partial charge in [-0.05, 0) is 31.2 Å². The van der Waals surface area contributed by atoms with Crippen LogP contribution in [0.2, 0.25) is 0 Å². The molecule has 0 saturated heterocycles. The third-order valence-corrected chi connectivity index (χ3v) is 4.67. The Bertz CT molecular complexity index is 1400. The van der Waals surface area contributed by atoms with Crippen LogP contribution in [0.4, 0.5) is 5.82 Å². The number of aromatic amines is 1. The maximum absolute atomic E-state index is 11.7. The van der Waals surface area contributed by atoms with Crippen molar-refractivity contribution in [3.8, 4) is 17.3 Å². The number of nitrogens with two attached hydrogens (primary N) is 1. The van der Waals surface area contributed by atoms with Crippen LogP contribution < -0.4 is 11.1 Å². The molecule has 4 N–H and O–H groups in total.